The van der Waals surface area contributed by atoms with Gasteiger partial charge in [0.2, 0.25) is 5.91 Å². The van der Waals surface area contributed by atoms with E-state index in [0.717, 1.165) is 0 Å². The van der Waals surface area contributed by atoms with E-state index in [1.54, 1.807) is 6.92 Å². The molecule has 18 heavy (non-hydrogen) atoms. The average Bonchev–Trinajstić information content (AvgIpc) is 2.24. The minimum Gasteiger partial charge on any atom is -0.464 e. The average molecular weight is 257 g/mol. The molecule has 0 aliphatic carbocycles. The Balaban J connectivity index is 4.61. The summed E-state index contributed by atoms with van der Waals surface area (Å²) in [4.78, 5) is 23.2. The third-order valence-corrected chi connectivity index (χ3v) is 2.08. The van der Waals surface area contributed by atoms with E-state index in [2.05, 4.69) is 5.32 Å². The SMILES string of the molecule is CCOC(=O)C(CC(C)(C)C)NC(=O)/C=C/CO. The van der Waals surface area contributed by atoms with E-state index < -0.39 is 17.9 Å². The summed E-state index contributed by atoms with van der Waals surface area (Å²) in [6.07, 6.45) is 3.01. The van der Waals surface area contributed by atoms with E-state index in [0.29, 0.717) is 6.42 Å². The molecule has 1 unspecified atom stereocenters. The fourth-order valence-electron chi connectivity index (χ4n) is 1.43. The highest BCUT2D eigenvalue weighted by Gasteiger charge is 2.26. The van der Waals surface area contributed by atoms with Gasteiger partial charge in [0.05, 0.1) is 13.2 Å². The van der Waals surface area contributed by atoms with Crippen LogP contribution in [0.25, 0.3) is 0 Å². The first-order valence-electron chi connectivity index (χ1n) is 6.04. The molecule has 5 heteroatoms. The fourth-order valence-corrected chi connectivity index (χ4v) is 1.43. The van der Waals surface area contributed by atoms with Crippen molar-refractivity contribution in [3.05, 3.63) is 12.2 Å². The highest BCUT2D eigenvalue weighted by Crippen LogP contribution is 2.21. The van der Waals surface area contributed by atoms with Gasteiger partial charge in [0.1, 0.15) is 6.04 Å². The molecule has 0 saturated carbocycles. The number of aliphatic hydroxyl groups is 1. The molecule has 0 aromatic rings. The molecule has 0 rings (SSSR count). The maximum Gasteiger partial charge on any atom is 0.328 e. The smallest absolute Gasteiger partial charge is 0.328 e. The van der Waals surface area contributed by atoms with Crippen LogP contribution in [0, 0.1) is 5.41 Å². The molecule has 0 aliphatic heterocycles. The molecule has 0 aromatic heterocycles. The second-order valence-corrected chi connectivity index (χ2v) is 5.16. The van der Waals surface area contributed by atoms with Crippen molar-refractivity contribution in [1.29, 1.82) is 0 Å². The molecule has 0 saturated heterocycles. The topological polar surface area (TPSA) is 75.6 Å². The lowest BCUT2D eigenvalue weighted by Crippen LogP contribution is -2.43. The van der Waals surface area contributed by atoms with Gasteiger partial charge < -0.3 is 15.2 Å². The van der Waals surface area contributed by atoms with Crippen LogP contribution in [0.2, 0.25) is 0 Å². The Kier molecular flexibility index (Phi) is 7.27. The van der Waals surface area contributed by atoms with Gasteiger partial charge in [-0.1, -0.05) is 26.8 Å². The molecule has 104 valence electrons. The number of hydrogen-bond acceptors (Lipinski definition) is 4. The number of ether oxygens (including phenoxy) is 1. The van der Waals surface area contributed by atoms with Crippen LogP contribution in [-0.4, -0.2) is 36.2 Å². The second kappa shape index (κ2) is 7.87. The first-order chi connectivity index (χ1) is 8.30. The van der Waals surface area contributed by atoms with E-state index in [4.69, 9.17) is 9.84 Å². The van der Waals surface area contributed by atoms with Gasteiger partial charge in [-0.2, -0.15) is 0 Å². The van der Waals surface area contributed by atoms with Gasteiger partial charge in [0.15, 0.2) is 0 Å². The maximum atomic E-state index is 11.7. The molecule has 2 N–H and O–H groups in total. The van der Waals surface area contributed by atoms with Gasteiger partial charge in [0, 0.05) is 6.08 Å². The Morgan fingerprint density at radius 2 is 2.00 bits per heavy atom. The van der Waals surface area contributed by atoms with Crippen molar-refractivity contribution in [2.24, 2.45) is 5.41 Å². The summed E-state index contributed by atoms with van der Waals surface area (Å²) in [6, 6.07) is -0.666. The third kappa shape index (κ3) is 7.84. The number of aliphatic hydroxyl groups excluding tert-OH is 1. The Morgan fingerprint density at radius 3 is 2.44 bits per heavy atom. The van der Waals surface area contributed by atoms with Crippen molar-refractivity contribution in [2.45, 2.75) is 40.2 Å². The Hall–Kier alpha value is -1.36. The van der Waals surface area contributed by atoms with Gasteiger partial charge >= 0.3 is 5.97 Å². The van der Waals surface area contributed by atoms with Crippen LogP contribution in [-0.2, 0) is 14.3 Å². The van der Waals surface area contributed by atoms with Gasteiger partial charge in [-0.3, -0.25) is 4.79 Å². The lowest BCUT2D eigenvalue weighted by atomic mass is 9.88. The number of carbonyl (C=O) groups excluding carboxylic acids is 2. The number of esters is 1. The van der Waals surface area contributed by atoms with Gasteiger partial charge in [-0.15, -0.1) is 0 Å². The summed E-state index contributed by atoms with van der Waals surface area (Å²) in [5.74, 6) is -0.843. The van der Waals surface area contributed by atoms with Crippen molar-refractivity contribution in [1.82, 2.24) is 5.32 Å². The zero-order valence-corrected chi connectivity index (χ0v) is 11.5. The minimum atomic E-state index is -0.666. The molecule has 0 bridgehead atoms. The lowest BCUT2D eigenvalue weighted by Gasteiger charge is -2.25. The predicted molar refractivity (Wildman–Crippen MR) is 68.9 cm³/mol. The van der Waals surface area contributed by atoms with Crippen LogP contribution < -0.4 is 5.32 Å². The number of rotatable bonds is 6. The molecular formula is C13H23NO4. The fraction of sp³-hybridized carbons (Fsp3) is 0.692. The predicted octanol–water partition coefficient (Wildman–Crippen LogP) is 1.02. The highest BCUT2D eigenvalue weighted by atomic mass is 16.5. The van der Waals surface area contributed by atoms with Gasteiger partial charge in [-0.25, -0.2) is 4.79 Å². The molecule has 1 amide bonds. The molecule has 0 aromatic carbocycles. The van der Waals surface area contributed by atoms with Gasteiger partial charge in [-0.05, 0) is 18.8 Å². The zero-order chi connectivity index (χ0) is 14.2. The summed E-state index contributed by atoms with van der Waals surface area (Å²) in [5.41, 5.74) is -0.106. The first kappa shape index (κ1) is 16.6. The van der Waals surface area contributed by atoms with E-state index in [1.165, 1.54) is 12.2 Å². The van der Waals surface area contributed by atoms with Crippen LogP contribution in [0.3, 0.4) is 0 Å². The minimum absolute atomic E-state index is 0.106. The van der Waals surface area contributed by atoms with E-state index >= 15 is 0 Å². The first-order valence-corrected chi connectivity index (χ1v) is 6.04. The summed E-state index contributed by atoms with van der Waals surface area (Å²) >= 11 is 0. The number of amides is 1. The number of nitrogens with one attached hydrogen (secondary N) is 1. The maximum absolute atomic E-state index is 11.7. The Labute approximate surface area is 108 Å². The molecule has 0 fully saturated rings. The summed E-state index contributed by atoms with van der Waals surface area (Å²) in [6.45, 7) is 7.73. The molecule has 0 heterocycles. The number of carbonyl (C=O) groups is 2. The highest BCUT2D eigenvalue weighted by molar-refractivity contribution is 5.91. The molecule has 0 radical (unpaired) electrons. The summed E-state index contributed by atoms with van der Waals surface area (Å²) < 4.78 is 4.93. The molecule has 0 aliphatic rings. The van der Waals surface area contributed by atoms with Crippen LogP contribution in [0.4, 0.5) is 0 Å². The summed E-state index contributed by atoms with van der Waals surface area (Å²) in [7, 11) is 0. The van der Waals surface area contributed by atoms with Crippen molar-refractivity contribution in [3.63, 3.8) is 0 Å². The number of hydrogen-bond donors (Lipinski definition) is 2. The van der Waals surface area contributed by atoms with Crippen LogP contribution >= 0.6 is 0 Å². The quantitative estimate of drug-likeness (QED) is 0.550. The van der Waals surface area contributed by atoms with E-state index in [-0.39, 0.29) is 18.6 Å². The lowest BCUT2D eigenvalue weighted by molar-refractivity contribution is -0.147. The van der Waals surface area contributed by atoms with Crippen molar-refractivity contribution in [3.8, 4) is 0 Å². The molecule has 0 spiro atoms. The van der Waals surface area contributed by atoms with Crippen LogP contribution in [0.15, 0.2) is 12.2 Å². The zero-order valence-electron chi connectivity index (χ0n) is 11.5. The second-order valence-electron chi connectivity index (χ2n) is 5.16. The molecule has 5 nitrogen and oxygen atoms in total. The monoisotopic (exact) mass is 257 g/mol. The van der Waals surface area contributed by atoms with Gasteiger partial charge in [0.25, 0.3) is 0 Å². The largest absolute Gasteiger partial charge is 0.464 e. The van der Waals surface area contributed by atoms with Crippen LogP contribution in [0.5, 0.6) is 0 Å². The molecular weight excluding hydrogens is 234 g/mol. The molecule has 1 atom stereocenters. The Morgan fingerprint density at radius 1 is 1.39 bits per heavy atom. The Bertz CT molecular complexity index is 305. The normalized spacial score (nSPS) is 13.4. The van der Waals surface area contributed by atoms with Crippen molar-refractivity contribution < 1.29 is 19.4 Å². The van der Waals surface area contributed by atoms with Crippen LogP contribution in [0.1, 0.15) is 34.1 Å². The van der Waals surface area contributed by atoms with E-state index in [1.807, 2.05) is 20.8 Å². The van der Waals surface area contributed by atoms with E-state index in [9.17, 15) is 9.59 Å². The van der Waals surface area contributed by atoms with Crippen molar-refractivity contribution >= 4 is 11.9 Å². The third-order valence-electron chi connectivity index (χ3n) is 2.08. The van der Waals surface area contributed by atoms with Crippen molar-refractivity contribution in [2.75, 3.05) is 13.2 Å². The standard InChI is InChI=1S/C13H23NO4/c1-5-18-12(17)10(9-13(2,3)4)14-11(16)7-6-8-15/h6-7,10,15H,5,8-9H2,1-4H3,(H,14,16)/b7-6+. The summed E-state index contributed by atoms with van der Waals surface area (Å²) in [5, 5.41) is 11.2.